The maximum absolute atomic E-state index is 9.32. The molecule has 0 aromatic heterocycles. The summed E-state index contributed by atoms with van der Waals surface area (Å²) in [5, 5.41) is 12.6. The first-order valence-electron chi connectivity index (χ1n) is 6.83. The van der Waals surface area contributed by atoms with Gasteiger partial charge in [-0.05, 0) is 42.6 Å². The van der Waals surface area contributed by atoms with Crippen LogP contribution < -0.4 is 10.1 Å². The lowest BCUT2D eigenvalue weighted by Crippen LogP contribution is -2.11. The Morgan fingerprint density at radius 3 is 2.71 bits per heavy atom. The molecule has 0 fully saturated rings. The van der Waals surface area contributed by atoms with Crippen LogP contribution in [0.4, 0.5) is 0 Å². The number of benzene rings is 2. The van der Waals surface area contributed by atoms with Gasteiger partial charge in [0.05, 0.1) is 5.56 Å². The van der Waals surface area contributed by atoms with Crippen LogP contribution in [-0.4, -0.2) is 12.8 Å². The summed E-state index contributed by atoms with van der Waals surface area (Å²) in [6.45, 7) is 3.72. The molecule has 0 atom stereocenters. The van der Waals surface area contributed by atoms with E-state index in [-0.39, 0.29) is 0 Å². The number of thioether (sulfide) groups is 1. The molecule has 0 saturated heterocycles. The van der Waals surface area contributed by atoms with Crippen molar-refractivity contribution in [1.82, 2.24) is 5.32 Å². The van der Waals surface area contributed by atoms with Crippen LogP contribution >= 0.6 is 11.8 Å². The van der Waals surface area contributed by atoms with Crippen molar-refractivity contribution in [3.63, 3.8) is 0 Å². The van der Waals surface area contributed by atoms with Crippen LogP contribution in [0.2, 0.25) is 0 Å². The zero-order valence-electron chi connectivity index (χ0n) is 12.2. The fourth-order valence-corrected chi connectivity index (χ4v) is 2.48. The van der Waals surface area contributed by atoms with E-state index in [1.807, 2.05) is 48.7 Å². The van der Waals surface area contributed by atoms with Gasteiger partial charge in [0.2, 0.25) is 0 Å². The van der Waals surface area contributed by atoms with Gasteiger partial charge in [0.1, 0.15) is 17.6 Å². The Hall–Kier alpha value is -1.96. The Morgan fingerprint density at radius 2 is 2.00 bits per heavy atom. The molecule has 0 bridgehead atoms. The summed E-state index contributed by atoms with van der Waals surface area (Å²) in [5.74, 6) is 1.38. The molecule has 4 heteroatoms. The Bertz CT molecular complexity index is 649. The lowest BCUT2D eigenvalue weighted by Gasteiger charge is -2.11. The van der Waals surface area contributed by atoms with Crippen molar-refractivity contribution in [1.29, 1.82) is 5.26 Å². The molecule has 2 rings (SSSR count). The van der Waals surface area contributed by atoms with Gasteiger partial charge in [-0.15, -0.1) is 11.8 Å². The second-order valence-electron chi connectivity index (χ2n) is 4.48. The number of nitriles is 1. The van der Waals surface area contributed by atoms with Crippen LogP contribution in [-0.2, 0) is 6.54 Å². The fraction of sp³-hybridized carbons (Fsp3) is 0.235. The number of hydrogen-bond acceptors (Lipinski definition) is 4. The first kappa shape index (κ1) is 15.4. The molecule has 2 aromatic rings. The van der Waals surface area contributed by atoms with Gasteiger partial charge in [-0.1, -0.05) is 25.1 Å². The lowest BCUT2D eigenvalue weighted by atomic mass is 10.1. The first-order chi connectivity index (χ1) is 10.3. The smallest absolute Gasteiger partial charge is 0.145 e. The van der Waals surface area contributed by atoms with Crippen molar-refractivity contribution >= 4 is 11.8 Å². The number of para-hydroxylation sites is 1. The van der Waals surface area contributed by atoms with Crippen LogP contribution in [0.15, 0.2) is 47.4 Å². The van der Waals surface area contributed by atoms with Crippen LogP contribution in [0.25, 0.3) is 0 Å². The molecular formula is C17H18N2OS. The molecule has 1 N–H and O–H groups in total. The first-order valence-corrected chi connectivity index (χ1v) is 8.05. The molecule has 3 nitrogen and oxygen atoms in total. The third-order valence-corrected chi connectivity index (χ3v) is 3.81. The van der Waals surface area contributed by atoms with Gasteiger partial charge in [0.15, 0.2) is 0 Å². The standard InChI is InChI=1S/C17H18N2OS/c1-3-19-12-13-8-9-15(14(10-13)11-18)20-16-6-4-5-7-17(16)21-2/h4-10,19H,3,12H2,1-2H3. The van der Waals surface area contributed by atoms with E-state index < -0.39 is 0 Å². The van der Waals surface area contributed by atoms with Gasteiger partial charge < -0.3 is 10.1 Å². The summed E-state index contributed by atoms with van der Waals surface area (Å²) in [6.07, 6.45) is 2.01. The highest BCUT2D eigenvalue weighted by atomic mass is 32.2. The molecule has 0 amide bonds. The molecule has 108 valence electrons. The number of nitrogens with zero attached hydrogens (tertiary/aromatic N) is 1. The van der Waals surface area contributed by atoms with Crippen LogP contribution in [0, 0.1) is 11.3 Å². The molecule has 0 saturated carbocycles. The maximum Gasteiger partial charge on any atom is 0.145 e. The molecule has 21 heavy (non-hydrogen) atoms. The Labute approximate surface area is 129 Å². The lowest BCUT2D eigenvalue weighted by molar-refractivity contribution is 0.469. The number of nitrogens with one attached hydrogen (secondary N) is 1. The molecule has 0 aliphatic heterocycles. The summed E-state index contributed by atoms with van der Waals surface area (Å²) in [7, 11) is 0. The summed E-state index contributed by atoms with van der Waals surface area (Å²) in [5.41, 5.74) is 1.64. The van der Waals surface area contributed by atoms with Gasteiger partial charge in [0.25, 0.3) is 0 Å². The molecule has 0 aliphatic carbocycles. The Balaban J connectivity index is 2.26. The average Bonchev–Trinajstić information content (AvgIpc) is 2.54. The minimum absolute atomic E-state index is 0.557. The summed E-state index contributed by atoms with van der Waals surface area (Å²) in [6, 6.07) is 15.8. The predicted molar refractivity (Wildman–Crippen MR) is 86.8 cm³/mol. The zero-order chi connectivity index (χ0) is 15.1. The topological polar surface area (TPSA) is 45.0 Å². The van der Waals surface area contributed by atoms with Crippen molar-refractivity contribution < 1.29 is 4.74 Å². The SMILES string of the molecule is CCNCc1ccc(Oc2ccccc2SC)c(C#N)c1. The van der Waals surface area contributed by atoms with E-state index in [1.165, 1.54) is 0 Å². The van der Waals surface area contributed by atoms with E-state index in [9.17, 15) is 5.26 Å². The molecule has 2 aromatic carbocycles. The second-order valence-corrected chi connectivity index (χ2v) is 5.32. The Kier molecular flexibility index (Phi) is 5.68. The third-order valence-electron chi connectivity index (χ3n) is 3.03. The molecular weight excluding hydrogens is 280 g/mol. The van der Waals surface area contributed by atoms with E-state index in [1.54, 1.807) is 11.8 Å². The van der Waals surface area contributed by atoms with Gasteiger partial charge >= 0.3 is 0 Å². The summed E-state index contributed by atoms with van der Waals surface area (Å²) < 4.78 is 5.92. The van der Waals surface area contributed by atoms with Crippen molar-refractivity contribution in [2.24, 2.45) is 0 Å². The number of hydrogen-bond donors (Lipinski definition) is 1. The molecule has 0 aliphatic rings. The van der Waals surface area contributed by atoms with Crippen molar-refractivity contribution in [3.8, 4) is 17.6 Å². The van der Waals surface area contributed by atoms with Crippen LogP contribution in [0.3, 0.4) is 0 Å². The van der Waals surface area contributed by atoms with E-state index >= 15 is 0 Å². The average molecular weight is 298 g/mol. The minimum Gasteiger partial charge on any atom is -0.455 e. The summed E-state index contributed by atoms with van der Waals surface area (Å²) >= 11 is 1.62. The molecule has 0 heterocycles. The number of ether oxygens (including phenoxy) is 1. The highest BCUT2D eigenvalue weighted by Gasteiger charge is 2.08. The fourth-order valence-electron chi connectivity index (χ4n) is 1.95. The number of rotatable bonds is 6. The molecule has 0 radical (unpaired) electrons. The molecule has 0 unspecified atom stereocenters. The monoisotopic (exact) mass is 298 g/mol. The van der Waals surface area contributed by atoms with Crippen molar-refractivity contribution in [2.75, 3.05) is 12.8 Å². The van der Waals surface area contributed by atoms with Gasteiger partial charge in [0, 0.05) is 11.4 Å². The molecule has 0 spiro atoms. The van der Waals surface area contributed by atoms with E-state index in [4.69, 9.17) is 4.74 Å². The predicted octanol–water partition coefficient (Wildman–Crippen LogP) is 4.18. The highest BCUT2D eigenvalue weighted by molar-refractivity contribution is 7.98. The van der Waals surface area contributed by atoms with Gasteiger partial charge in [-0.2, -0.15) is 5.26 Å². The Morgan fingerprint density at radius 1 is 1.19 bits per heavy atom. The maximum atomic E-state index is 9.32. The normalized spacial score (nSPS) is 10.1. The highest BCUT2D eigenvalue weighted by Crippen LogP contribution is 2.32. The van der Waals surface area contributed by atoms with Gasteiger partial charge in [-0.3, -0.25) is 0 Å². The van der Waals surface area contributed by atoms with E-state index in [2.05, 4.69) is 18.3 Å². The quantitative estimate of drug-likeness (QED) is 0.813. The van der Waals surface area contributed by atoms with Crippen LogP contribution in [0.1, 0.15) is 18.1 Å². The van der Waals surface area contributed by atoms with Gasteiger partial charge in [-0.25, -0.2) is 0 Å². The van der Waals surface area contributed by atoms with Crippen molar-refractivity contribution in [2.45, 2.75) is 18.4 Å². The van der Waals surface area contributed by atoms with E-state index in [0.29, 0.717) is 11.3 Å². The van der Waals surface area contributed by atoms with Crippen molar-refractivity contribution in [3.05, 3.63) is 53.6 Å². The summed E-state index contributed by atoms with van der Waals surface area (Å²) in [4.78, 5) is 1.05. The largest absolute Gasteiger partial charge is 0.455 e. The third kappa shape index (κ3) is 4.01. The minimum atomic E-state index is 0.557. The van der Waals surface area contributed by atoms with Crippen LogP contribution in [0.5, 0.6) is 11.5 Å². The zero-order valence-corrected chi connectivity index (χ0v) is 13.0. The van der Waals surface area contributed by atoms with E-state index in [0.717, 1.165) is 29.3 Å². The second kappa shape index (κ2) is 7.72.